The molecule has 28 heavy (non-hydrogen) atoms. The van der Waals surface area contributed by atoms with Gasteiger partial charge in [0, 0.05) is 12.3 Å². The van der Waals surface area contributed by atoms with Crippen molar-refractivity contribution in [3.05, 3.63) is 53.6 Å². The highest BCUT2D eigenvalue weighted by atomic mass is 32.2. The zero-order valence-electron chi connectivity index (χ0n) is 15.3. The number of methoxy groups -OCH3 is 1. The highest BCUT2D eigenvalue weighted by Crippen LogP contribution is 2.26. The molecule has 0 aliphatic carbocycles. The molecule has 0 spiro atoms. The van der Waals surface area contributed by atoms with Gasteiger partial charge >= 0.3 is 0 Å². The van der Waals surface area contributed by atoms with E-state index in [1.807, 2.05) is 6.07 Å². The van der Waals surface area contributed by atoms with Crippen molar-refractivity contribution >= 4 is 21.4 Å². The van der Waals surface area contributed by atoms with Crippen LogP contribution < -0.4 is 10.1 Å². The Morgan fingerprint density at radius 1 is 1.29 bits per heavy atom. The Morgan fingerprint density at radius 3 is 2.64 bits per heavy atom. The molecule has 0 bridgehead atoms. The van der Waals surface area contributed by atoms with Gasteiger partial charge in [-0.2, -0.15) is 5.26 Å². The summed E-state index contributed by atoms with van der Waals surface area (Å²) in [7, 11) is -2.14. The number of carbonyl (C=O) groups is 1. The third kappa shape index (κ3) is 4.50. The van der Waals surface area contributed by atoms with Gasteiger partial charge in [-0.15, -0.1) is 0 Å². The van der Waals surface area contributed by atoms with E-state index in [1.165, 1.54) is 25.3 Å². The van der Waals surface area contributed by atoms with Crippen LogP contribution in [-0.2, 0) is 14.6 Å². The lowest BCUT2D eigenvalue weighted by molar-refractivity contribution is 0.102. The van der Waals surface area contributed by atoms with Crippen molar-refractivity contribution in [2.75, 3.05) is 31.4 Å². The van der Waals surface area contributed by atoms with Crippen molar-refractivity contribution in [3.8, 4) is 11.8 Å². The predicted octanol–water partition coefficient (Wildman–Crippen LogP) is 2.63. The highest BCUT2D eigenvalue weighted by molar-refractivity contribution is 7.91. The maximum atomic E-state index is 12.7. The highest BCUT2D eigenvalue weighted by Gasteiger charge is 2.26. The molecule has 1 atom stereocenters. The molecule has 1 fully saturated rings. The average Bonchev–Trinajstić information content (AvgIpc) is 3.20. The van der Waals surface area contributed by atoms with E-state index in [1.54, 1.807) is 24.3 Å². The summed E-state index contributed by atoms with van der Waals surface area (Å²) in [6.07, 6.45) is 0.710. The van der Waals surface area contributed by atoms with E-state index in [9.17, 15) is 13.2 Å². The molecule has 0 aromatic heterocycles. The second-order valence-corrected chi connectivity index (χ2v) is 8.55. The van der Waals surface area contributed by atoms with Crippen LogP contribution in [0.2, 0.25) is 0 Å². The zero-order chi connectivity index (χ0) is 20.1. The number of amides is 1. The molecule has 0 unspecified atom stereocenters. The molecule has 2 aromatic carbocycles. The minimum Gasteiger partial charge on any atom is -0.496 e. The summed E-state index contributed by atoms with van der Waals surface area (Å²) in [4.78, 5) is 12.8. The van der Waals surface area contributed by atoms with Crippen LogP contribution in [0.4, 0.5) is 5.69 Å². The number of anilines is 1. The van der Waals surface area contributed by atoms with E-state index in [-0.39, 0.29) is 27.9 Å². The number of nitrogens with one attached hydrogen (secondary N) is 1. The summed E-state index contributed by atoms with van der Waals surface area (Å²) in [5.41, 5.74) is 1.08. The van der Waals surface area contributed by atoms with E-state index in [2.05, 4.69) is 5.32 Å². The van der Waals surface area contributed by atoms with Crippen molar-refractivity contribution < 1.29 is 22.7 Å². The van der Waals surface area contributed by atoms with E-state index < -0.39 is 15.7 Å². The van der Waals surface area contributed by atoms with Crippen LogP contribution in [0.5, 0.6) is 5.75 Å². The lowest BCUT2D eigenvalue weighted by Crippen LogP contribution is -2.18. The number of nitrogens with zero attached hydrogens (tertiary/aromatic N) is 1. The average molecular weight is 400 g/mol. The fourth-order valence-electron chi connectivity index (χ4n) is 3.01. The van der Waals surface area contributed by atoms with Gasteiger partial charge in [-0.25, -0.2) is 8.42 Å². The summed E-state index contributed by atoms with van der Waals surface area (Å²) in [6.45, 7) is 1.00. The molecule has 0 radical (unpaired) electrons. The number of nitriles is 1. The summed E-state index contributed by atoms with van der Waals surface area (Å²) >= 11 is 0. The Kier molecular flexibility index (Phi) is 5.97. The molecule has 146 valence electrons. The first-order chi connectivity index (χ1) is 13.4. The van der Waals surface area contributed by atoms with Crippen LogP contribution in [0.1, 0.15) is 22.3 Å². The molecule has 1 saturated heterocycles. The Balaban J connectivity index is 1.85. The number of carbonyl (C=O) groups excluding carboxylic acids is 1. The molecule has 1 aliphatic heterocycles. The van der Waals surface area contributed by atoms with Crippen molar-refractivity contribution in [1.29, 1.82) is 5.26 Å². The summed E-state index contributed by atoms with van der Waals surface area (Å²) in [6, 6.07) is 12.6. The van der Waals surface area contributed by atoms with Crippen LogP contribution in [0.3, 0.4) is 0 Å². The van der Waals surface area contributed by atoms with Gasteiger partial charge in [0.25, 0.3) is 5.91 Å². The Bertz CT molecular complexity index is 1000. The van der Waals surface area contributed by atoms with Gasteiger partial charge in [-0.05, 0) is 54.8 Å². The molecule has 3 rings (SSSR count). The molecule has 7 nitrogen and oxygen atoms in total. The summed E-state index contributed by atoms with van der Waals surface area (Å²) < 4.78 is 35.9. The van der Waals surface area contributed by atoms with Crippen molar-refractivity contribution in [2.45, 2.75) is 11.3 Å². The van der Waals surface area contributed by atoms with Crippen molar-refractivity contribution in [3.63, 3.8) is 0 Å². The van der Waals surface area contributed by atoms with Gasteiger partial charge in [-0.3, -0.25) is 4.79 Å². The second kappa shape index (κ2) is 8.42. The number of benzene rings is 2. The van der Waals surface area contributed by atoms with Gasteiger partial charge in [0.05, 0.1) is 41.6 Å². The topological polar surface area (TPSA) is 105 Å². The van der Waals surface area contributed by atoms with Crippen LogP contribution in [-0.4, -0.2) is 40.4 Å². The normalized spacial score (nSPS) is 16.4. The number of ether oxygens (including phenoxy) is 2. The lowest BCUT2D eigenvalue weighted by atomic mass is 10.1. The molecule has 1 aliphatic rings. The van der Waals surface area contributed by atoms with Crippen LogP contribution in [0, 0.1) is 17.2 Å². The van der Waals surface area contributed by atoms with Gasteiger partial charge in [-0.1, -0.05) is 0 Å². The number of rotatable bonds is 6. The Morgan fingerprint density at radius 2 is 2.04 bits per heavy atom. The second-order valence-electron chi connectivity index (χ2n) is 6.52. The van der Waals surface area contributed by atoms with E-state index >= 15 is 0 Å². The zero-order valence-corrected chi connectivity index (χ0v) is 16.2. The molecule has 8 heteroatoms. The molecule has 2 aromatic rings. The Labute approximate surface area is 163 Å². The first-order valence-corrected chi connectivity index (χ1v) is 10.4. The number of sulfone groups is 1. The quantitative estimate of drug-likeness (QED) is 0.799. The minimum absolute atomic E-state index is 0.0178. The third-order valence-electron chi connectivity index (χ3n) is 4.53. The molecule has 1 N–H and O–H groups in total. The van der Waals surface area contributed by atoms with Crippen LogP contribution in [0.25, 0.3) is 0 Å². The fraction of sp³-hybridized carbons (Fsp3) is 0.300. The van der Waals surface area contributed by atoms with Gasteiger partial charge in [0.15, 0.2) is 9.84 Å². The molecule has 1 amide bonds. The first-order valence-electron chi connectivity index (χ1n) is 8.73. The van der Waals surface area contributed by atoms with Crippen molar-refractivity contribution in [2.24, 2.45) is 5.92 Å². The molecular weight excluding hydrogens is 380 g/mol. The third-order valence-corrected chi connectivity index (χ3v) is 6.41. The van der Waals surface area contributed by atoms with Gasteiger partial charge < -0.3 is 14.8 Å². The SMILES string of the molecule is COc1ccc(S(=O)(=O)C[C@H]2CCOC2)cc1C(=O)Nc1ccc(C#N)cc1. The van der Waals surface area contributed by atoms with E-state index in [0.717, 1.165) is 0 Å². The monoisotopic (exact) mass is 400 g/mol. The van der Waals surface area contributed by atoms with Crippen LogP contribution >= 0.6 is 0 Å². The fourth-order valence-corrected chi connectivity index (χ4v) is 4.65. The lowest BCUT2D eigenvalue weighted by Gasteiger charge is -2.13. The molecular formula is C20H20N2O5S. The molecule has 1 heterocycles. The Hall–Kier alpha value is -2.89. The summed E-state index contributed by atoms with van der Waals surface area (Å²) in [5, 5.41) is 11.5. The van der Waals surface area contributed by atoms with Gasteiger partial charge in [0.1, 0.15) is 5.75 Å². The summed E-state index contributed by atoms with van der Waals surface area (Å²) in [5.74, 6) is -0.282. The predicted molar refractivity (Wildman–Crippen MR) is 103 cm³/mol. The minimum atomic E-state index is -3.56. The number of hydrogen-bond acceptors (Lipinski definition) is 6. The van der Waals surface area contributed by atoms with Crippen LogP contribution in [0.15, 0.2) is 47.4 Å². The van der Waals surface area contributed by atoms with E-state index in [0.29, 0.717) is 30.9 Å². The standard InChI is InChI=1S/C20H20N2O5S/c1-26-19-7-6-17(28(24,25)13-15-8-9-27-12-15)10-18(19)20(23)22-16-4-2-14(11-21)3-5-16/h2-7,10,15H,8-9,12-13H2,1H3,(H,22,23)/t15-/m0/s1. The largest absolute Gasteiger partial charge is 0.496 e. The van der Waals surface area contributed by atoms with Crippen molar-refractivity contribution in [1.82, 2.24) is 0 Å². The maximum absolute atomic E-state index is 12.7. The first kappa shape index (κ1) is 19.9. The maximum Gasteiger partial charge on any atom is 0.259 e. The molecule has 0 saturated carbocycles. The number of hydrogen-bond donors (Lipinski definition) is 1. The van der Waals surface area contributed by atoms with E-state index in [4.69, 9.17) is 14.7 Å². The van der Waals surface area contributed by atoms with Gasteiger partial charge in [0.2, 0.25) is 0 Å². The smallest absolute Gasteiger partial charge is 0.259 e.